The molecular weight excluding hydrogens is 394 g/mol. The Bertz CT molecular complexity index is 299. The van der Waals surface area contributed by atoms with Gasteiger partial charge in [-0.15, -0.1) is 0 Å². The number of hydrogen-bond acceptors (Lipinski definition) is 7. The van der Waals surface area contributed by atoms with E-state index < -0.39 is 17.6 Å². The van der Waals surface area contributed by atoms with Gasteiger partial charge in [-0.1, -0.05) is 0 Å². The molecule has 0 heterocycles. The van der Waals surface area contributed by atoms with Crippen molar-refractivity contribution in [2.24, 2.45) is 0 Å². The topological polar surface area (TPSA) is 58.6 Å². The molecule has 0 aromatic heterocycles. The molecule has 0 rings (SSSR count). The second-order valence-electron chi connectivity index (χ2n) is 6.90. The van der Waals surface area contributed by atoms with Crippen molar-refractivity contribution < 1.29 is 26.6 Å². The zero-order valence-electron chi connectivity index (χ0n) is 19.5. The van der Waals surface area contributed by atoms with Crippen LogP contribution in [0, 0.1) is 0 Å². The summed E-state index contributed by atoms with van der Waals surface area (Å²) >= 11 is 0. The molecule has 28 heavy (non-hydrogen) atoms. The second kappa shape index (κ2) is 16.9. The van der Waals surface area contributed by atoms with Crippen LogP contribution in [0.4, 0.5) is 0 Å². The van der Waals surface area contributed by atoms with E-state index in [1.807, 2.05) is 41.5 Å². The monoisotopic (exact) mass is 441 g/mol. The Morgan fingerprint density at radius 3 is 0.964 bits per heavy atom. The van der Waals surface area contributed by atoms with Crippen LogP contribution >= 0.6 is 0 Å². The fraction of sp³-hybridized carbons (Fsp3) is 1.00. The summed E-state index contributed by atoms with van der Waals surface area (Å²) in [6, 6.07) is 1.76. The third kappa shape index (κ3) is 11.4. The first kappa shape index (κ1) is 28.2. The summed E-state index contributed by atoms with van der Waals surface area (Å²) in [6.45, 7) is 17.8. The molecule has 9 heteroatoms. The number of nitrogens with zero attached hydrogens (tertiary/aromatic N) is 1. The van der Waals surface area contributed by atoms with Crippen molar-refractivity contribution in [2.45, 2.75) is 66.5 Å². The van der Waals surface area contributed by atoms with Crippen LogP contribution in [0.1, 0.15) is 54.4 Å². The molecule has 0 aromatic rings. The van der Waals surface area contributed by atoms with Crippen molar-refractivity contribution in [3.8, 4) is 0 Å². The van der Waals surface area contributed by atoms with Gasteiger partial charge in [0.05, 0.1) is 0 Å². The van der Waals surface area contributed by atoms with Crippen LogP contribution in [0.15, 0.2) is 0 Å². The Hall–Kier alpha value is 0.154. The summed E-state index contributed by atoms with van der Waals surface area (Å²) in [7, 11) is -3.56. The van der Waals surface area contributed by atoms with Crippen LogP contribution in [0.2, 0.25) is 12.1 Å². The van der Waals surface area contributed by atoms with E-state index in [0.29, 0.717) is 39.6 Å². The minimum atomic E-state index is -2.86. The van der Waals surface area contributed by atoms with Gasteiger partial charge >= 0.3 is 175 Å². The van der Waals surface area contributed by atoms with Gasteiger partial charge in [-0.2, -0.15) is 0 Å². The molecule has 0 atom stereocenters. The molecule has 0 radical (unpaired) electrons. The van der Waals surface area contributed by atoms with Gasteiger partial charge in [-0.3, -0.25) is 0 Å². The average molecular weight is 442 g/mol. The molecule has 0 saturated heterocycles. The first-order valence-corrected chi connectivity index (χ1v) is 15.7. The van der Waals surface area contributed by atoms with E-state index in [-0.39, 0.29) is 0 Å². The van der Waals surface area contributed by atoms with Crippen LogP contribution < -0.4 is 0 Å². The summed E-state index contributed by atoms with van der Waals surface area (Å²) in [5.41, 5.74) is 0. The van der Waals surface area contributed by atoms with Crippen LogP contribution in [-0.2, 0) is 26.6 Å². The van der Waals surface area contributed by atoms with Crippen LogP contribution in [-0.4, -0.2) is 82.3 Å². The van der Waals surface area contributed by atoms with E-state index in [1.54, 1.807) is 0 Å². The predicted molar refractivity (Wildman–Crippen MR) is 120 cm³/mol. The maximum atomic E-state index is 5.96. The van der Waals surface area contributed by atoms with Gasteiger partial charge in [-0.05, 0) is 0 Å². The fourth-order valence-electron chi connectivity index (χ4n) is 3.65. The summed E-state index contributed by atoms with van der Waals surface area (Å²) in [4.78, 5) is 2.35. The Kier molecular flexibility index (Phi) is 17.0. The Labute approximate surface area is 175 Å². The molecule has 0 unspecified atom stereocenters. The van der Waals surface area contributed by atoms with Gasteiger partial charge in [-0.25, -0.2) is 0 Å². The van der Waals surface area contributed by atoms with Gasteiger partial charge < -0.3 is 0 Å². The first-order valence-electron chi connectivity index (χ1n) is 11.3. The van der Waals surface area contributed by atoms with Gasteiger partial charge in [0.2, 0.25) is 0 Å². The van der Waals surface area contributed by atoms with E-state index >= 15 is 0 Å². The third-order valence-corrected chi connectivity index (χ3v) is 12.0. The van der Waals surface area contributed by atoms with Gasteiger partial charge in [0.25, 0.3) is 0 Å². The third-order valence-electron chi connectivity index (χ3n) is 4.72. The second-order valence-corrected chi connectivity index (χ2v) is 13.2. The van der Waals surface area contributed by atoms with Gasteiger partial charge in [0, 0.05) is 0 Å². The van der Waals surface area contributed by atoms with Crippen molar-refractivity contribution in [3.63, 3.8) is 0 Å². The Morgan fingerprint density at radius 1 is 0.500 bits per heavy atom. The van der Waals surface area contributed by atoms with Crippen molar-refractivity contribution in [1.82, 2.24) is 4.90 Å². The van der Waals surface area contributed by atoms with Crippen LogP contribution in [0.25, 0.3) is 0 Å². The van der Waals surface area contributed by atoms with E-state index in [1.165, 1.54) is 0 Å². The van der Waals surface area contributed by atoms with E-state index in [9.17, 15) is 0 Å². The molecule has 0 N–H and O–H groups in total. The molecular formula is C19H47NO6Si2-2. The number of rotatable bonds is 20. The molecule has 0 amide bonds. The Morgan fingerprint density at radius 2 is 0.750 bits per heavy atom. The van der Waals surface area contributed by atoms with Crippen molar-refractivity contribution in [2.75, 3.05) is 59.8 Å². The Balaban J connectivity index is 4.46. The quantitative estimate of drug-likeness (QED) is 0.269. The zero-order valence-corrected chi connectivity index (χ0v) is 21.8. The van der Waals surface area contributed by atoms with E-state index in [4.69, 9.17) is 26.6 Å². The maximum absolute atomic E-state index is 5.96. The van der Waals surface area contributed by atoms with E-state index in [2.05, 4.69) is 11.9 Å². The first-order chi connectivity index (χ1) is 13.5. The van der Waals surface area contributed by atoms with Crippen molar-refractivity contribution in [1.29, 1.82) is 0 Å². The molecule has 0 bridgehead atoms. The molecule has 0 aliphatic rings. The standard InChI is InChI=1S/C19H47NO6Si2/c1-8-21-27(22-9-2,23-10-3)18-14-16-20(7)17-15-19-28(24-11-4,25-12-5)26-13-6/h27-28H,8-19H2,1-7H3/q-2. The van der Waals surface area contributed by atoms with E-state index in [0.717, 1.165) is 38.0 Å². The molecule has 174 valence electrons. The fourth-order valence-corrected chi connectivity index (χ4v) is 9.64. The average Bonchev–Trinajstić information content (AvgIpc) is 2.63. The van der Waals surface area contributed by atoms with Gasteiger partial charge in [0.1, 0.15) is 0 Å². The van der Waals surface area contributed by atoms with Crippen molar-refractivity contribution >= 4 is 17.6 Å². The summed E-state index contributed by atoms with van der Waals surface area (Å²) in [6.07, 6.45) is 2.02. The molecule has 0 aliphatic heterocycles. The molecule has 0 fully saturated rings. The predicted octanol–water partition coefficient (Wildman–Crippen LogP) is 3.26. The van der Waals surface area contributed by atoms with Crippen molar-refractivity contribution in [3.05, 3.63) is 0 Å². The van der Waals surface area contributed by atoms with Crippen LogP contribution in [0.5, 0.6) is 0 Å². The zero-order chi connectivity index (χ0) is 21.3. The summed E-state index contributed by atoms with van der Waals surface area (Å²) in [5.74, 6) is 0. The molecule has 0 aliphatic carbocycles. The molecule has 0 spiro atoms. The minimum absolute atomic E-state index is 0.639. The normalized spacial score (nSPS) is 14.0. The number of hydrogen-bond donors (Lipinski definition) is 0. The summed E-state index contributed by atoms with van der Waals surface area (Å²) < 4.78 is 35.8. The summed E-state index contributed by atoms with van der Waals surface area (Å²) in [5, 5.41) is 0. The molecule has 7 nitrogen and oxygen atoms in total. The van der Waals surface area contributed by atoms with Gasteiger partial charge in [0.15, 0.2) is 0 Å². The molecule has 0 saturated carbocycles. The molecule has 0 aromatic carbocycles. The van der Waals surface area contributed by atoms with Crippen LogP contribution in [0.3, 0.4) is 0 Å². The SMILES string of the molecule is CCO[SiH-](CCCN(C)CCC[SiH-](OCC)(OCC)OCC)(OCC)OCC.